The van der Waals surface area contributed by atoms with Gasteiger partial charge in [-0.1, -0.05) is 54.4 Å². The third-order valence-corrected chi connectivity index (χ3v) is 7.05. The maximum atomic E-state index is 13.3. The first kappa shape index (κ1) is 22.5. The summed E-state index contributed by atoms with van der Waals surface area (Å²) in [5, 5.41) is 3.12. The van der Waals surface area contributed by atoms with Crippen molar-refractivity contribution in [2.45, 2.75) is 71.1 Å². The number of likely N-dealkylation sites (tertiary alicyclic amines) is 1. The number of fused-ring (bicyclic) bond motifs is 1. The molecule has 5 heteroatoms. The highest BCUT2D eigenvalue weighted by Crippen LogP contribution is 2.35. The van der Waals surface area contributed by atoms with Crippen molar-refractivity contribution in [1.82, 2.24) is 15.1 Å². The summed E-state index contributed by atoms with van der Waals surface area (Å²) in [6.45, 7) is 8.70. The van der Waals surface area contributed by atoms with Crippen LogP contribution in [-0.2, 0) is 11.3 Å². The standard InChI is InChI=1S/C27H35N3O2/c1-19-12-14-22(15-13-19)18-30-25(23-10-4-5-11-24(23)27(30)32)26(31)28-16-7-17-29-20(2)8-6-9-21(29)3/h4-5,10-15,20-21,25H,6-9,16-18H2,1-3H3,(H,28,31). The zero-order valence-electron chi connectivity index (χ0n) is 19.5. The topological polar surface area (TPSA) is 52.7 Å². The van der Waals surface area contributed by atoms with Crippen molar-refractivity contribution in [2.24, 2.45) is 0 Å². The van der Waals surface area contributed by atoms with Crippen LogP contribution in [0.1, 0.15) is 72.6 Å². The molecule has 1 saturated heterocycles. The van der Waals surface area contributed by atoms with Crippen LogP contribution < -0.4 is 5.32 Å². The lowest BCUT2D eigenvalue weighted by molar-refractivity contribution is -0.125. The molecule has 1 N–H and O–H groups in total. The minimum atomic E-state index is -0.576. The molecule has 0 spiro atoms. The summed E-state index contributed by atoms with van der Waals surface area (Å²) in [7, 11) is 0. The fraction of sp³-hybridized carbons (Fsp3) is 0.481. The lowest BCUT2D eigenvalue weighted by Gasteiger charge is -2.39. The molecule has 2 aromatic carbocycles. The number of piperidine rings is 1. The smallest absolute Gasteiger partial charge is 0.255 e. The van der Waals surface area contributed by atoms with Gasteiger partial charge in [-0.3, -0.25) is 14.5 Å². The molecular formula is C27H35N3O2. The van der Waals surface area contributed by atoms with Crippen LogP contribution >= 0.6 is 0 Å². The monoisotopic (exact) mass is 433 g/mol. The molecule has 0 aliphatic carbocycles. The van der Waals surface area contributed by atoms with Gasteiger partial charge >= 0.3 is 0 Å². The second kappa shape index (κ2) is 9.86. The van der Waals surface area contributed by atoms with E-state index in [1.807, 2.05) is 55.5 Å². The summed E-state index contributed by atoms with van der Waals surface area (Å²) in [5.41, 5.74) is 3.65. The maximum Gasteiger partial charge on any atom is 0.255 e. The highest BCUT2D eigenvalue weighted by molar-refractivity contribution is 6.04. The average molecular weight is 434 g/mol. The molecule has 170 valence electrons. The van der Waals surface area contributed by atoms with Crippen LogP contribution in [-0.4, -0.2) is 46.8 Å². The molecular weight excluding hydrogens is 398 g/mol. The van der Waals surface area contributed by atoms with Crippen LogP contribution in [0.4, 0.5) is 0 Å². The molecule has 32 heavy (non-hydrogen) atoms. The Labute approximate surface area is 191 Å². The Morgan fingerprint density at radius 1 is 1.03 bits per heavy atom. The van der Waals surface area contributed by atoms with E-state index >= 15 is 0 Å². The molecule has 2 amide bonds. The Morgan fingerprint density at radius 2 is 1.72 bits per heavy atom. The van der Waals surface area contributed by atoms with E-state index in [1.165, 1.54) is 24.8 Å². The first-order chi connectivity index (χ1) is 15.5. The molecule has 3 unspecified atom stereocenters. The van der Waals surface area contributed by atoms with E-state index in [4.69, 9.17) is 0 Å². The normalized spacial score (nSPS) is 23.3. The number of hydrogen-bond acceptors (Lipinski definition) is 3. The summed E-state index contributed by atoms with van der Waals surface area (Å²) < 4.78 is 0. The fourth-order valence-corrected chi connectivity index (χ4v) is 5.19. The third-order valence-electron chi connectivity index (χ3n) is 7.05. The number of aryl methyl sites for hydroxylation is 1. The molecule has 2 heterocycles. The van der Waals surface area contributed by atoms with E-state index in [0.29, 0.717) is 30.7 Å². The quantitative estimate of drug-likeness (QED) is 0.656. The van der Waals surface area contributed by atoms with Gasteiger partial charge in [-0.2, -0.15) is 0 Å². The van der Waals surface area contributed by atoms with E-state index in [9.17, 15) is 9.59 Å². The Morgan fingerprint density at radius 3 is 2.44 bits per heavy atom. The second-order valence-corrected chi connectivity index (χ2v) is 9.42. The summed E-state index contributed by atoms with van der Waals surface area (Å²) in [6, 6.07) is 16.3. The molecule has 2 aliphatic rings. The number of rotatable bonds is 7. The zero-order chi connectivity index (χ0) is 22.7. The first-order valence-electron chi connectivity index (χ1n) is 11.9. The second-order valence-electron chi connectivity index (χ2n) is 9.42. The van der Waals surface area contributed by atoms with Crippen molar-refractivity contribution in [2.75, 3.05) is 13.1 Å². The Balaban J connectivity index is 1.42. The lowest BCUT2D eigenvalue weighted by Crippen LogP contribution is -2.45. The van der Waals surface area contributed by atoms with Crippen LogP contribution in [0.2, 0.25) is 0 Å². The number of carbonyl (C=O) groups is 2. The van der Waals surface area contributed by atoms with Gasteiger partial charge in [0.05, 0.1) is 0 Å². The van der Waals surface area contributed by atoms with Gasteiger partial charge in [0.15, 0.2) is 0 Å². The van der Waals surface area contributed by atoms with Crippen LogP contribution in [0.25, 0.3) is 0 Å². The van der Waals surface area contributed by atoms with E-state index < -0.39 is 6.04 Å². The van der Waals surface area contributed by atoms with Crippen molar-refractivity contribution in [3.63, 3.8) is 0 Å². The number of hydrogen-bond donors (Lipinski definition) is 1. The van der Waals surface area contributed by atoms with Crippen LogP contribution in [0.5, 0.6) is 0 Å². The summed E-state index contributed by atoms with van der Waals surface area (Å²) in [5.74, 6) is -0.160. The number of carbonyl (C=O) groups excluding carboxylic acids is 2. The van der Waals surface area contributed by atoms with Crippen molar-refractivity contribution in [3.05, 3.63) is 70.8 Å². The van der Waals surface area contributed by atoms with E-state index in [0.717, 1.165) is 24.1 Å². The molecule has 2 aromatic rings. The molecule has 0 radical (unpaired) electrons. The van der Waals surface area contributed by atoms with E-state index in [2.05, 4.69) is 24.1 Å². The van der Waals surface area contributed by atoms with Crippen molar-refractivity contribution in [1.29, 1.82) is 0 Å². The number of benzene rings is 2. The minimum Gasteiger partial charge on any atom is -0.354 e. The Hall–Kier alpha value is -2.66. The van der Waals surface area contributed by atoms with Gasteiger partial charge in [0.1, 0.15) is 6.04 Å². The average Bonchev–Trinajstić information content (AvgIpc) is 3.06. The van der Waals surface area contributed by atoms with Crippen LogP contribution in [0.15, 0.2) is 48.5 Å². The van der Waals surface area contributed by atoms with Crippen LogP contribution in [0.3, 0.4) is 0 Å². The van der Waals surface area contributed by atoms with Crippen molar-refractivity contribution >= 4 is 11.8 Å². The van der Waals surface area contributed by atoms with Gasteiger partial charge < -0.3 is 10.2 Å². The molecule has 0 aromatic heterocycles. The summed E-state index contributed by atoms with van der Waals surface area (Å²) in [4.78, 5) is 30.7. The van der Waals surface area contributed by atoms with Gasteiger partial charge in [0.25, 0.3) is 5.91 Å². The molecule has 4 rings (SSSR count). The fourth-order valence-electron chi connectivity index (χ4n) is 5.19. The molecule has 0 bridgehead atoms. The largest absolute Gasteiger partial charge is 0.354 e. The number of amides is 2. The summed E-state index contributed by atoms with van der Waals surface area (Å²) >= 11 is 0. The predicted molar refractivity (Wildman–Crippen MR) is 127 cm³/mol. The highest BCUT2D eigenvalue weighted by atomic mass is 16.2. The van der Waals surface area contributed by atoms with E-state index in [1.54, 1.807) is 4.90 Å². The van der Waals surface area contributed by atoms with Gasteiger partial charge in [-0.05, 0) is 57.2 Å². The Kier molecular flexibility index (Phi) is 6.95. The van der Waals surface area contributed by atoms with Crippen molar-refractivity contribution < 1.29 is 9.59 Å². The van der Waals surface area contributed by atoms with Crippen LogP contribution in [0, 0.1) is 6.92 Å². The number of nitrogens with one attached hydrogen (secondary N) is 1. The zero-order valence-corrected chi connectivity index (χ0v) is 19.5. The maximum absolute atomic E-state index is 13.3. The molecule has 2 aliphatic heterocycles. The first-order valence-corrected chi connectivity index (χ1v) is 11.9. The minimum absolute atomic E-state index is 0.0720. The van der Waals surface area contributed by atoms with Crippen molar-refractivity contribution in [3.8, 4) is 0 Å². The van der Waals surface area contributed by atoms with Gasteiger partial charge in [-0.15, -0.1) is 0 Å². The highest BCUT2D eigenvalue weighted by Gasteiger charge is 2.40. The van der Waals surface area contributed by atoms with E-state index in [-0.39, 0.29) is 11.8 Å². The summed E-state index contributed by atoms with van der Waals surface area (Å²) in [6.07, 6.45) is 4.74. The van der Waals surface area contributed by atoms with Gasteiger partial charge in [0.2, 0.25) is 5.91 Å². The lowest BCUT2D eigenvalue weighted by atomic mass is 9.97. The van der Waals surface area contributed by atoms with Gasteiger partial charge in [-0.25, -0.2) is 0 Å². The molecule has 0 saturated carbocycles. The third kappa shape index (κ3) is 4.73. The molecule has 5 nitrogen and oxygen atoms in total. The van der Waals surface area contributed by atoms with Gasteiger partial charge in [0, 0.05) is 37.3 Å². The molecule has 3 atom stereocenters. The molecule has 1 fully saturated rings. The Bertz CT molecular complexity index is 946. The number of nitrogens with zero attached hydrogens (tertiary/aromatic N) is 2. The predicted octanol–water partition coefficient (Wildman–Crippen LogP) is 4.46. The SMILES string of the molecule is Cc1ccc(CN2C(=O)c3ccccc3C2C(=O)NCCCN2C(C)CCCC2C)cc1.